The summed E-state index contributed by atoms with van der Waals surface area (Å²) >= 11 is 0. The summed E-state index contributed by atoms with van der Waals surface area (Å²) in [7, 11) is 0. The van der Waals surface area contributed by atoms with Crippen LogP contribution in [0.2, 0.25) is 0 Å². The zero-order chi connectivity index (χ0) is 13.0. The van der Waals surface area contributed by atoms with Crippen LogP contribution in [0.25, 0.3) is 0 Å². The first-order valence-electron chi connectivity index (χ1n) is 6.50. The standard InChI is InChI=1S/C15H21N3/c1-11(2)13-5-3-12(4-6-13)9-15-17-10-14(18-15)7-8-16/h3-6,10-11H,7-9,16H2,1-2H3,(H,17,18). The van der Waals surface area contributed by atoms with Crippen LogP contribution in [0.3, 0.4) is 0 Å². The number of hydrogen-bond acceptors (Lipinski definition) is 2. The molecule has 0 spiro atoms. The molecule has 2 aromatic rings. The van der Waals surface area contributed by atoms with E-state index < -0.39 is 0 Å². The summed E-state index contributed by atoms with van der Waals surface area (Å²) in [5, 5.41) is 0. The van der Waals surface area contributed by atoms with Gasteiger partial charge in [0.05, 0.1) is 0 Å². The number of aromatic nitrogens is 2. The van der Waals surface area contributed by atoms with E-state index in [9.17, 15) is 0 Å². The fraction of sp³-hybridized carbons (Fsp3) is 0.400. The van der Waals surface area contributed by atoms with Gasteiger partial charge in [-0.2, -0.15) is 0 Å². The highest BCUT2D eigenvalue weighted by Crippen LogP contribution is 2.16. The number of benzene rings is 1. The Morgan fingerprint density at radius 2 is 1.94 bits per heavy atom. The minimum absolute atomic E-state index is 0.582. The molecule has 0 amide bonds. The van der Waals surface area contributed by atoms with Gasteiger partial charge in [-0.05, 0) is 23.6 Å². The molecule has 0 fully saturated rings. The van der Waals surface area contributed by atoms with Crippen LogP contribution in [0, 0.1) is 0 Å². The van der Waals surface area contributed by atoms with Gasteiger partial charge in [0, 0.05) is 24.7 Å². The van der Waals surface area contributed by atoms with Gasteiger partial charge in [-0.15, -0.1) is 0 Å². The van der Waals surface area contributed by atoms with Crippen molar-refractivity contribution >= 4 is 0 Å². The first-order valence-corrected chi connectivity index (χ1v) is 6.50. The molecule has 0 saturated carbocycles. The first-order chi connectivity index (χ1) is 8.69. The lowest BCUT2D eigenvalue weighted by Crippen LogP contribution is -2.02. The van der Waals surface area contributed by atoms with Gasteiger partial charge in [0.2, 0.25) is 0 Å². The predicted molar refractivity (Wildman–Crippen MR) is 74.7 cm³/mol. The molecular weight excluding hydrogens is 222 g/mol. The van der Waals surface area contributed by atoms with Crippen LogP contribution >= 0.6 is 0 Å². The summed E-state index contributed by atoms with van der Waals surface area (Å²) in [5.74, 6) is 1.59. The topological polar surface area (TPSA) is 54.7 Å². The molecule has 0 radical (unpaired) electrons. The van der Waals surface area contributed by atoms with Gasteiger partial charge in [0.15, 0.2) is 0 Å². The fourth-order valence-corrected chi connectivity index (χ4v) is 1.99. The number of nitrogens with one attached hydrogen (secondary N) is 1. The van der Waals surface area contributed by atoms with E-state index in [0.29, 0.717) is 12.5 Å². The number of aromatic amines is 1. The SMILES string of the molecule is CC(C)c1ccc(Cc2ncc(CCN)[nH]2)cc1. The molecule has 0 aliphatic rings. The summed E-state index contributed by atoms with van der Waals surface area (Å²) in [6.45, 7) is 5.08. The van der Waals surface area contributed by atoms with Crippen LogP contribution in [0.5, 0.6) is 0 Å². The maximum atomic E-state index is 5.52. The highest BCUT2D eigenvalue weighted by atomic mass is 14.9. The highest BCUT2D eigenvalue weighted by Gasteiger charge is 2.03. The molecule has 1 aromatic carbocycles. The van der Waals surface area contributed by atoms with Crippen molar-refractivity contribution in [1.82, 2.24) is 9.97 Å². The normalized spacial score (nSPS) is 11.1. The number of nitrogens with zero attached hydrogens (tertiary/aromatic N) is 1. The van der Waals surface area contributed by atoms with Crippen LogP contribution in [0.4, 0.5) is 0 Å². The predicted octanol–water partition coefficient (Wildman–Crippen LogP) is 2.63. The summed E-state index contributed by atoms with van der Waals surface area (Å²) in [5.41, 5.74) is 9.30. The van der Waals surface area contributed by atoms with E-state index in [4.69, 9.17) is 5.73 Å². The number of hydrogen-bond donors (Lipinski definition) is 2. The van der Waals surface area contributed by atoms with E-state index in [1.807, 2.05) is 6.20 Å². The smallest absolute Gasteiger partial charge is 0.110 e. The van der Waals surface area contributed by atoms with E-state index in [0.717, 1.165) is 24.4 Å². The van der Waals surface area contributed by atoms with E-state index in [2.05, 4.69) is 48.1 Å². The lowest BCUT2D eigenvalue weighted by Gasteiger charge is -2.06. The molecule has 0 saturated heterocycles. The Morgan fingerprint density at radius 1 is 1.22 bits per heavy atom. The highest BCUT2D eigenvalue weighted by molar-refractivity contribution is 5.26. The lowest BCUT2D eigenvalue weighted by atomic mass is 10.0. The maximum absolute atomic E-state index is 5.52. The van der Waals surface area contributed by atoms with Gasteiger partial charge in [-0.3, -0.25) is 0 Å². The average molecular weight is 243 g/mol. The quantitative estimate of drug-likeness (QED) is 0.848. The van der Waals surface area contributed by atoms with Crippen LogP contribution in [0.15, 0.2) is 30.5 Å². The largest absolute Gasteiger partial charge is 0.346 e. The molecule has 1 aromatic heterocycles. The van der Waals surface area contributed by atoms with Crippen LogP contribution in [-0.2, 0) is 12.8 Å². The Kier molecular flexibility index (Phi) is 4.15. The Balaban J connectivity index is 2.03. The van der Waals surface area contributed by atoms with Crippen molar-refractivity contribution in [3.05, 3.63) is 53.1 Å². The molecule has 0 atom stereocenters. The molecule has 96 valence electrons. The van der Waals surface area contributed by atoms with Crippen LogP contribution < -0.4 is 5.73 Å². The third-order valence-electron chi connectivity index (χ3n) is 3.11. The second kappa shape index (κ2) is 5.83. The monoisotopic (exact) mass is 243 g/mol. The Labute approximate surface area is 108 Å². The second-order valence-electron chi connectivity index (χ2n) is 4.97. The molecule has 3 heteroatoms. The average Bonchev–Trinajstić information content (AvgIpc) is 2.78. The van der Waals surface area contributed by atoms with Crippen molar-refractivity contribution in [3.63, 3.8) is 0 Å². The van der Waals surface area contributed by atoms with Crippen molar-refractivity contribution in [3.8, 4) is 0 Å². The van der Waals surface area contributed by atoms with Gasteiger partial charge in [-0.1, -0.05) is 38.1 Å². The summed E-state index contributed by atoms with van der Waals surface area (Å²) < 4.78 is 0. The van der Waals surface area contributed by atoms with Crippen LogP contribution in [0.1, 0.15) is 42.4 Å². The Bertz CT molecular complexity index is 483. The van der Waals surface area contributed by atoms with E-state index in [-0.39, 0.29) is 0 Å². The van der Waals surface area contributed by atoms with Crippen molar-refractivity contribution in [2.24, 2.45) is 5.73 Å². The number of nitrogens with two attached hydrogens (primary N) is 1. The molecular formula is C15H21N3. The Morgan fingerprint density at radius 3 is 2.56 bits per heavy atom. The molecule has 18 heavy (non-hydrogen) atoms. The van der Waals surface area contributed by atoms with Crippen LogP contribution in [-0.4, -0.2) is 16.5 Å². The molecule has 0 unspecified atom stereocenters. The number of H-pyrrole nitrogens is 1. The summed E-state index contributed by atoms with van der Waals surface area (Å²) in [6.07, 6.45) is 3.59. The van der Waals surface area contributed by atoms with Crippen molar-refractivity contribution in [1.29, 1.82) is 0 Å². The lowest BCUT2D eigenvalue weighted by molar-refractivity contribution is 0.864. The molecule has 2 rings (SSSR count). The molecule has 0 aliphatic heterocycles. The van der Waals surface area contributed by atoms with Crippen molar-refractivity contribution in [2.75, 3.05) is 6.54 Å². The number of rotatable bonds is 5. The van der Waals surface area contributed by atoms with Gasteiger partial charge in [0.1, 0.15) is 5.82 Å². The summed E-state index contributed by atoms with van der Waals surface area (Å²) in [4.78, 5) is 7.69. The van der Waals surface area contributed by atoms with Crippen molar-refractivity contribution < 1.29 is 0 Å². The van der Waals surface area contributed by atoms with E-state index in [1.165, 1.54) is 11.1 Å². The first kappa shape index (κ1) is 12.8. The zero-order valence-corrected chi connectivity index (χ0v) is 11.1. The molecule has 3 nitrogen and oxygen atoms in total. The number of imidazole rings is 1. The van der Waals surface area contributed by atoms with E-state index >= 15 is 0 Å². The molecule has 0 bridgehead atoms. The summed E-state index contributed by atoms with van der Waals surface area (Å²) in [6, 6.07) is 8.76. The molecule has 1 heterocycles. The zero-order valence-electron chi connectivity index (χ0n) is 11.1. The fourth-order valence-electron chi connectivity index (χ4n) is 1.99. The van der Waals surface area contributed by atoms with Gasteiger partial charge >= 0.3 is 0 Å². The maximum Gasteiger partial charge on any atom is 0.110 e. The van der Waals surface area contributed by atoms with Gasteiger partial charge in [0.25, 0.3) is 0 Å². The van der Waals surface area contributed by atoms with Gasteiger partial charge < -0.3 is 10.7 Å². The third kappa shape index (κ3) is 3.20. The Hall–Kier alpha value is -1.61. The van der Waals surface area contributed by atoms with Crippen molar-refractivity contribution in [2.45, 2.75) is 32.6 Å². The molecule has 0 aliphatic carbocycles. The third-order valence-corrected chi connectivity index (χ3v) is 3.11. The minimum Gasteiger partial charge on any atom is -0.346 e. The second-order valence-corrected chi connectivity index (χ2v) is 4.97. The van der Waals surface area contributed by atoms with Gasteiger partial charge in [-0.25, -0.2) is 4.98 Å². The minimum atomic E-state index is 0.582. The van der Waals surface area contributed by atoms with E-state index in [1.54, 1.807) is 0 Å². The molecule has 3 N–H and O–H groups in total.